The first kappa shape index (κ1) is 14.7. The van der Waals surface area contributed by atoms with Gasteiger partial charge in [-0.2, -0.15) is 0 Å². The fraction of sp³-hybridized carbons (Fsp3) is 0.353. The third-order valence-electron chi connectivity index (χ3n) is 3.37. The summed E-state index contributed by atoms with van der Waals surface area (Å²) in [5.41, 5.74) is 3.50. The van der Waals surface area contributed by atoms with E-state index < -0.39 is 0 Å². The maximum Gasteiger partial charge on any atom is 0.0687 e. The van der Waals surface area contributed by atoms with Gasteiger partial charge in [0.2, 0.25) is 0 Å². The third kappa shape index (κ3) is 4.15. The Labute approximate surface area is 120 Å². The largest absolute Gasteiger partial charge is 0.392 e. The molecule has 0 aliphatic rings. The van der Waals surface area contributed by atoms with Crippen molar-refractivity contribution in [3.8, 4) is 11.1 Å². The van der Waals surface area contributed by atoms with Gasteiger partial charge >= 0.3 is 0 Å². The number of aliphatic hydroxyl groups is 1. The van der Waals surface area contributed by atoms with E-state index in [2.05, 4.69) is 40.6 Å². The second-order valence-electron chi connectivity index (χ2n) is 5.38. The number of hydrogen-bond acceptors (Lipinski definition) is 3. The fourth-order valence-corrected chi connectivity index (χ4v) is 1.99. The third-order valence-corrected chi connectivity index (χ3v) is 3.37. The van der Waals surface area contributed by atoms with Gasteiger partial charge in [-0.3, -0.25) is 4.98 Å². The summed E-state index contributed by atoms with van der Waals surface area (Å²) in [6.45, 7) is 5.43. The van der Waals surface area contributed by atoms with E-state index in [4.69, 9.17) is 0 Å². The van der Waals surface area contributed by atoms with Gasteiger partial charge < -0.3 is 10.4 Å². The van der Waals surface area contributed by atoms with Crippen molar-refractivity contribution < 1.29 is 5.11 Å². The second kappa shape index (κ2) is 7.17. The number of benzene rings is 1. The molecule has 20 heavy (non-hydrogen) atoms. The Hall–Kier alpha value is -1.71. The second-order valence-corrected chi connectivity index (χ2v) is 5.38. The molecule has 3 nitrogen and oxygen atoms in total. The van der Waals surface area contributed by atoms with Crippen molar-refractivity contribution >= 4 is 0 Å². The summed E-state index contributed by atoms with van der Waals surface area (Å²) in [6.07, 6.45) is 3.36. The molecule has 2 N–H and O–H groups in total. The van der Waals surface area contributed by atoms with Gasteiger partial charge in [-0.1, -0.05) is 38.1 Å². The molecule has 1 unspecified atom stereocenters. The van der Waals surface area contributed by atoms with E-state index in [9.17, 15) is 5.11 Å². The van der Waals surface area contributed by atoms with E-state index in [1.54, 1.807) is 6.20 Å². The molecule has 1 atom stereocenters. The highest BCUT2D eigenvalue weighted by Gasteiger charge is 2.08. The smallest absolute Gasteiger partial charge is 0.0687 e. The van der Waals surface area contributed by atoms with Gasteiger partial charge in [-0.25, -0.2) is 0 Å². The van der Waals surface area contributed by atoms with Gasteiger partial charge in [0, 0.05) is 25.5 Å². The highest BCUT2D eigenvalue weighted by molar-refractivity contribution is 5.62. The highest BCUT2D eigenvalue weighted by atomic mass is 16.3. The predicted molar refractivity (Wildman–Crippen MR) is 82.2 cm³/mol. The summed E-state index contributed by atoms with van der Waals surface area (Å²) in [5, 5.41) is 13.1. The average molecular weight is 270 g/mol. The number of pyridine rings is 1. The Morgan fingerprint density at radius 2 is 1.95 bits per heavy atom. The molecule has 0 amide bonds. The van der Waals surface area contributed by atoms with E-state index in [1.807, 2.05) is 26.1 Å². The first-order valence-corrected chi connectivity index (χ1v) is 7.05. The van der Waals surface area contributed by atoms with Crippen LogP contribution in [0, 0.1) is 5.92 Å². The molecule has 1 heterocycles. The molecular weight excluding hydrogens is 248 g/mol. The maximum atomic E-state index is 9.77. The lowest BCUT2D eigenvalue weighted by atomic mass is 10.0. The molecule has 0 bridgehead atoms. The van der Waals surface area contributed by atoms with E-state index in [0.29, 0.717) is 6.54 Å². The standard InChI is InChI=1S/C17H22N2O/c1-13(2)17(20)12-19-10-14-5-3-6-15(9-14)16-7-4-8-18-11-16/h3-9,11,13,17,19-20H,10,12H2,1-2H3. The van der Waals surface area contributed by atoms with E-state index in [0.717, 1.165) is 12.1 Å². The first-order valence-electron chi connectivity index (χ1n) is 7.05. The fourth-order valence-electron chi connectivity index (χ4n) is 1.99. The van der Waals surface area contributed by atoms with Crippen LogP contribution in [0.15, 0.2) is 48.8 Å². The number of aromatic nitrogens is 1. The van der Waals surface area contributed by atoms with Crippen LogP contribution in [0.25, 0.3) is 11.1 Å². The summed E-state index contributed by atoms with van der Waals surface area (Å²) in [5.74, 6) is 0.282. The minimum Gasteiger partial charge on any atom is -0.392 e. The number of rotatable bonds is 6. The van der Waals surface area contributed by atoms with Crippen molar-refractivity contribution in [3.05, 3.63) is 54.4 Å². The molecule has 0 fully saturated rings. The number of hydrogen-bond donors (Lipinski definition) is 2. The molecule has 0 saturated carbocycles. The van der Waals surface area contributed by atoms with Crippen LogP contribution in [0.3, 0.4) is 0 Å². The van der Waals surface area contributed by atoms with Crippen LogP contribution in [-0.2, 0) is 6.54 Å². The number of nitrogens with zero attached hydrogens (tertiary/aromatic N) is 1. The summed E-state index contributed by atoms with van der Waals surface area (Å²) in [7, 11) is 0. The molecular formula is C17H22N2O. The van der Waals surface area contributed by atoms with Gasteiger partial charge in [0.25, 0.3) is 0 Å². The Morgan fingerprint density at radius 1 is 1.15 bits per heavy atom. The zero-order valence-corrected chi connectivity index (χ0v) is 12.1. The summed E-state index contributed by atoms with van der Waals surface area (Å²) < 4.78 is 0. The number of nitrogens with one attached hydrogen (secondary N) is 1. The Kier molecular flexibility index (Phi) is 5.27. The molecule has 2 aromatic rings. The Bertz CT molecular complexity index is 526. The van der Waals surface area contributed by atoms with E-state index >= 15 is 0 Å². The van der Waals surface area contributed by atoms with Gasteiger partial charge in [-0.15, -0.1) is 0 Å². The molecule has 0 saturated heterocycles. The van der Waals surface area contributed by atoms with Gasteiger partial charge in [0.15, 0.2) is 0 Å². The van der Waals surface area contributed by atoms with Crippen LogP contribution in [0.5, 0.6) is 0 Å². The summed E-state index contributed by atoms with van der Waals surface area (Å²) >= 11 is 0. The van der Waals surface area contributed by atoms with Crippen LogP contribution < -0.4 is 5.32 Å². The Morgan fingerprint density at radius 3 is 2.65 bits per heavy atom. The molecule has 0 radical (unpaired) electrons. The van der Waals surface area contributed by atoms with Crippen molar-refractivity contribution in [2.24, 2.45) is 5.92 Å². The lowest BCUT2D eigenvalue weighted by Gasteiger charge is -2.15. The molecule has 0 aliphatic heterocycles. The summed E-state index contributed by atoms with van der Waals surface area (Å²) in [4.78, 5) is 4.15. The highest BCUT2D eigenvalue weighted by Crippen LogP contribution is 2.19. The van der Waals surface area contributed by atoms with E-state index in [-0.39, 0.29) is 12.0 Å². The molecule has 3 heteroatoms. The molecule has 1 aromatic heterocycles. The molecule has 1 aromatic carbocycles. The van der Waals surface area contributed by atoms with Crippen LogP contribution in [0.2, 0.25) is 0 Å². The number of aliphatic hydroxyl groups excluding tert-OH is 1. The van der Waals surface area contributed by atoms with Gasteiger partial charge in [0.05, 0.1) is 6.10 Å². The monoisotopic (exact) mass is 270 g/mol. The SMILES string of the molecule is CC(C)C(O)CNCc1cccc(-c2cccnc2)c1. The summed E-state index contributed by atoms with van der Waals surface area (Å²) in [6, 6.07) is 12.4. The lowest BCUT2D eigenvalue weighted by Crippen LogP contribution is -2.30. The maximum absolute atomic E-state index is 9.77. The van der Waals surface area contributed by atoms with E-state index in [1.165, 1.54) is 11.1 Å². The van der Waals surface area contributed by atoms with Crippen molar-refractivity contribution in [1.82, 2.24) is 10.3 Å². The molecule has 0 aliphatic carbocycles. The first-order chi connectivity index (χ1) is 9.66. The van der Waals surface area contributed by atoms with Crippen LogP contribution in [-0.4, -0.2) is 22.7 Å². The van der Waals surface area contributed by atoms with Crippen molar-refractivity contribution in [2.45, 2.75) is 26.5 Å². The molecule has 0 spiro atoms. The minimum atomic E-state index is -0.295. The zero-order valence-electron chi connectivity index (χ0n) is 12.1. The van der Waals surface area contributed by atoms with Crippen molar-refractivity contribution in [1.29, 1.82) is 0 Å². The average Bonchev–Trinajstić information content (AvgIpc) is 2.48. The molecule has 2 rings (SSSR count). The van der Waals surface area contributed by atoms with Crippen LogP contribution in [0.1, 0.15) is 19.4 Å². The quantitative estimate of drug-likeness (QED) is 0.848. The zero-order chi connectivity index (χ0) is 14.4. The van der Waals surface area contributed by atoms with Gasteiger partial charge in [-0.05, 0) is 34.7 Å². The minimum absolute atomic E-state index is 0.282. The van der Waals surface area contributed by atoms with Crippen LogP contribution in [0.4, 0.5) is 0 Å². The van der Waals surface area contributed by atoms with Crippen molar-refractivity contribution in [3.63, 3.8) is 0 Å². The normalized spacial score (nSPS) is 12.6. The van der Waals surface area contributed by atoms with Crippen LogP contribution >= 0.6 is 0 Å². The predicted octanol–water partition coefficient (Wildman–Crippen LogP) is 2.86. The topological polar surface area (TPSA) is 45.1 Å². The lowest BCUT2D eigenvalue weighted by molar-refractivity contribution is 0.123. The Balaban J connectivity index is 1.97. The molecule has 106 valence electrons. The van der Waals surface area contributed by atoms with Crippen molar-refractivity contribution in [2.75, 3.05) is 6.54 Å². The van der Waals surface area contributed by atoms with Gasteiger partial charge in [0.1, 0.15) is 0 Å².